The quantitative estimate of drug-likeness (QED) is 0.478. The van der Waals surface area contributed by atoms with Gasteiger partial charge in [-0.3, -0.25) is 0 Å². The minimum absolute atomic E-state index is 0.277. The zero-order valence-corrected chi connectivity index (χ0v) is 16.4. The molecule has 0 aliphatic carbocycles. The van der Waals surface area contributed by atoms with Crippen LogP contribution in [0.5, 0.6) is 0 Å². The first-order valence-electron chi connectivity index (χ1n) is 9.58. The zero-order chi connectivity index (χ0) is 20.2. The molecule has 0 saturated carbocycles. The molecule has 142 valence electrons. The second-order valence-electron chi connectivity index (χ2n) is 6.36. The van der Waals surface area contributed by atoms with Gasteiger partial charge in [0.05, 0.1) is 11.1 Å². The lowest BCUT2D eigenvalue weighted by Crippen LogP contribution is -1.85. The van der Waals surface area contributed by atoms with Gasteiger partial charge in [-0.25, -0.2) is 8.78 Å². The Kier molecular flexibility index (Phi) is 8.77. The van der Waals surface area contributed by atoms with E-state index in [1.807, 2.05) is 36.4 Å². The molecular weight excluding hydrogens is 350 g/mol. The third-order valence-electron chi connectivity index (χ3n) is 3.97. The average Bonchev–Trinajstić information content (AvgIpc) is 2.68. The van der Waals surface area contributed by atoms with E-state index < -0.39 is 0 Å². The first-order chi connectivity index (χ1) is 13.6. The monoisotopic (exact) mass is 374 g/mol. The summed E-state index contributed by atoms with van der Waals surface area (Å²) in [5.74, 6) is 9.79. The summed E-state index contributed by atoms with van der Waals surface area (Å²) in [7, 11) is 0. The standard InChI is InChI=1S/C26H24F2/c1-3-5-7-11-21-15-17-23(25(27)19-21)13-9-10-14-24-18-16-22(20-26(24)28)12-8-6-4-2/h7-8,11-12,15-20H,3-6H2,1-2H3/b11-7+,12-8+. The van der Waals surface area contributed by atoms with Crippen molar-refractivity contribution >= 4 is 12.2 Å². The zero-order valence-electron chi connectivity index (χ0n) is 16.4. The molecule has 0 heterocycles. The van der Waals surface area contributed by atoms with E-state index in [1.165, 1.54) is 12.1 Å². The highest BCUT2D eigenvalue weighted by molar-refractivity contribution is 5.54. The van der Waals surface area contributed by atoms with Crippen LogP contribution in [0.15, 0.2) is 48.6 Å². The van der Waals surface area contributed by atoms with Crippen molar-refractivity contribution in [2.45, 2.75) is 39.5 Å². The van der Waals surface area contributed by atoms with Crippen LogP contribution in [0.4, 0.5) is 8.78 Å². The van der Waals surface area contributed by atoms with Crippen molar-refractivity contribution in [1.82, 2.24) is 0 Å². The lowest BCUT2D eigenvalue weighted by atomic mass is 10.1. The number of halogens is 2. The lowest BCUT2D eigenvalue weighted by Gasteiger charge is -1.97. The molecule has 2 rings (SSSR count). The van der Waals surface area contributed by atoms with Crippen molar-refractivity contribution in [1.29, 1.82) is 0 Å². The van der Waals surface area contributed by atoms with Gasteiger partial charge in [-0.05, 0) is 71.9 Å². The highest BCUT2D eigenvalue weighted by Gasteiger charge is 2.00. The average molecular weight is 374 g/mol. The van der Waals surface area contributed by atoms with Gasteiger partial charge in [0, 0.05) is 0 Å². The van der Waals surface area contributed by atoms with Gasteiger partial charge >= 0.3 is 0 Å². The fourth-order valence-electron chi connectivity index (χ4n) is 2.44. The van der Waals surface area contributed by atoms with E-state index >= 15 is 0 Å². The van der Waals surface area contributed by atoms with E-state index in [9.17, 15) is 8.78 Å². The molecule has 0 atom stereocenters. The number of hydrogen-bond acceptors (Lipinski definition) is 0. The highest BCUT2D eigenvalue weighted by Crippen LogP contribution is 2.12. The Morgan fingerprint density at radius 1 is 0.714 bits per heavy atom. The molecule has 0 aliphatic heterocycles. The minimum atomic E-state index is -0.387. The van der Waals surface area contributed by atoms with Crippen molar-refractivity contribution in [2.24, 2.45) is 0 Å². The van der Waals surface area contributed by atoms with Gasteiger partial charge in [-0.15, -0.1) is 0 Å². The molecule has 0 aliphatic rings. The van der Waals surface area contributed by atoms with Crippen molar-refractivity contribution in [3.63, 3.8) is 0 Å². The normalized spacial score (nSPS) is 10.6. The number of hydrogen-bond donors (Lipinski definition) is 0. The summed E-state index contributed by atoms with van der Waals surface area (Å²) in [6, 6.07) is 9.80. The maximum atomic E-state index is 14.1. The Morgan fingerprint density at radius 3 is 1.50 bits per heavy atom. The third kappa shape index (κ3) is 6.90. The molecule has 0 aromatic heterocycles. The maximum absolute atomic E-state index is 14.1. The molecular formula is C26H24F2. The molecule has 0 spiro atoms. The van der Waals surface area contributed by atoms with Crippen LogP contribution < -0.4 is 0 Å². The number of benzene rings is 2. The predicted molar refractivity (Wildman–Crippen MR) is 114 cm³/mol. The van der Waals surface area contributed by atoms with Crippen LogP contribution in [-0.4, -0.2) is 0 Å². The number of unbranched alkanes of at least 4 members (excludes halogenated alkanes) is 2. The van der Waals surface area contributed by atoms with Gasteiger partial charge in [-0.1, -0.05) is 63.1 Å². The van der Waals surface area contributed by atoms with Crippen LogP contribution in [0.1, 0.15) is 61.8 Å². The Bertz CT molecular complexity index is 891. The highest BCUT2D eigenvalue weighted by atomic mass is 19.1. The van der Waals surface area contributed by atoms with Crippen molar-refractivity contribution in [3.8, 4) is 23.7 Å². The van der Waals surface area contributed by atoms with Crippen LogP contribution in [0, 0.1) is 35.3 Å². The summed E-state index contributed by atoms with van der Waals surface area (Å²) in [5.41, 5.74) is 2.16. The molecule has 0 radical (unpaired) electrons. The third-order valence-corrected chi connectivity index (χ3v) is 3.97. The molecule has 0 nitrogen and oxygen atoms in total. The predicted octanol–water partition coefficient (Wildman–Crippen LogP) is 6.99. The van der Waals surface area contributed by atoms with Crippen LogP contribution in [-0.2, 0) is 0 Å². The van der Waals surface area contributed by atoms with E-state index in [4.69, 9.17) is 0 Å². The van der Waals surface area contributed by atoms with Gasteiger partial charge in [0.2, 0.25) is 0 Å². The van der Waals surface area contributed by atoms with E-state index in [0.29, 0.717) is 0 Å². The Hall–Kier alpha value is -3.10. The maximum Gasteiger partial charge on any atom is 0.139 e. The molecule has 2 aromatic rings. The topological polar surface area (TPSA) is 0 Å². The first kappa shape index (κ1) is 21.2. The first-order valence-corrected chi connectivity index (χ1v) is 9.58. The Labute approximate surface area is 167 Å². The summed E-state index contributed by atoms with van der Waals surface area (Å²) in [4.78, 5) is 0. The van der Waals surface area contributed by atoms with Crippen molar-refractivity contribution < 1.29 is 8.78 Å². The summed E-state index contributed by atoms with van der Waals surface area (Å²) >= 11 is 0. The molecule has 2 heteroatoms. The fraction of sp³-hybridized carbons (Fsp3) is 0.231. The molecule has 0 fully saturated rings. The SMILES string of the molecule is CCC/C=C/c1ccc(C#CC#Cc2ccc(/C=C/CCC)cc2F)c(F)c1. The van der Waals surface area contributed by atoms with Gasteiger partial charge in [0.1, 0.15) is 11.6 Å². The van der Waals surface area contributed by atoms with Gasteiger partial charge in [0.15, 0.2) is 0 Å². The van der Waals surface area contributed by atoms with Crippen molar-refractivity contribution in [2.75, 3.05) is 0 Å². The van der Waals surface area contributed by atoms with Gasteiger partial charge < -0.3 is 0 Å². The van der Waals surface area contributed by atoms with Crippen LogP contribution in [0.2, 0.25) is 0 Å². The summed E-state index contributed by atoms with van der Waals surface area (Å²) in [5, 5.41) is 0. The molecule has 0 N–H and O–H groups in total. The summed E-state index contributed by atoms with van der Waals surface area (Å²) in [6.07, 6.45) is 11.9. The molecule has 0 amide bonds. The van der Waals surface area contributed by atoms with Crippen LogP contribution in [0.25, 0.3) is 12.2 Å². The van der Waals surface area contributed by atoms with Crippen molar-refractivity contribution in [3.05, 3.63) is 82.4 Å². The number of rotatable bonds is 6. The van der Waals surface area contributed by atoms with Crippen LogP contribution in [0.3, 0.4) is 0 Å². The smallest absolute Gasteiger partial charge is 0.139 e. The lowest BCUT2D eigenvalue weighted by molar-refractivity contribution is 0.623. The molecule has 28 heavy (non-hydrogen) atoms. The van der Waals surface area contributed by atoms with E-state index in [-0.39, 0.29) is 22.8 Å². The second kappa shape index (κ2) is 11.6. The largest absolute Gasteiger partial charge is 0.206 e. The molecule has 0 saturated heterocycles. The molecule has 0 unspecified atom stereocenters. The van der Waals surface area contributed by atoms with E-state index in [0.717, 1.165) is 36.8 Å². The molecule has 2 aromatic carbocycles. The van der Waals surface area contributed by atoms with E-state index in [1.54, 1.807) is 12.1 Å². The Morgan fingerprint density at radius 2 is 1.14 bits per heavy atom. The second-order valence-corrected chi connectivity index (χ2v) is 6.36. The number of allylic oxidation sites excluding steroid dienone is 2. The molecule has 0 bridgehead atoms. The van der Waals surface area contributed by atoms with Crippen LogP contribution >= 0.6 is 0 Å². The van der Waals surface area contributed by atoms with Gasteiger partial charge in [0.25, 0.3) is 0 Å². The Balaban J connectivity index is 2.08. The summed E-state index contributed by atoms with van der Waals surface area (Å²) < 4.78 is 28.2. The van der Waals surface area contributed by atoms with Gasteiger partial charge in [-0.2, -0.15) is 0 Å². The fourth-order valence-corrected chi connectivity index (χ4v) is 2.44. The summed E-state index contributed by atoms with van der Waals surface area (Å²) in [6.45, 7) is 4.19. The minimum Gasteiger partial charge on any atom is -0.206 e. The van der Waals surface area contributed by atoms with E-state index in [2.05, 4.69) is 37.5 Å².